The summed E-state index contributed by atoms with van der Waals surface area (Å²) < 4.78 is 8.52. The number of benzene rings is 2. The molecular weight excluding hydrogens is 408 g/mol. The van der Waals surface area contributed by atoms with E-state index in [2.05, 4.69) is 0 Å². The van der Waals surface area contributed by atoms with Gasteiger partial charge in [-0.25, -0.2) is 9.59 Å². The third-order valence-electron chi connectivity index (χ3n) is 5.80. The highest BCUT2D eigenvalue weighted by molar-refractivity contribution is 6.32. The largest absolute Gasteiger partial charge is 0.495 e. The van der Waals surface area contributed by atoms with Crippen LogP contribution in [0.5, 0.6) is 5.75 Å². The number of methoxy groups -OCH3 is 1. The molecule has 2 aromatic carbocycles. The number of carboxylic acids is 1. The molecule has 1 fully saturated rings. The van der Waals surface area contributed by atoms with Gasteiger partial charge in [0.15, 0.2) is 0 Å². The fourth-order valence-corrected chi connectivity index (χ4v) is 4.51. The quantitative estimate of drug-likeness (QED) is 0.643. The lowest BCUT2D eigenvalue weighted by atomic mass is 9.93. The molecule has 8 heteroatoms. The lowest BCUT2D eigenvalue weighted by molar-refractivity contribution is 0.0697. The topological polar surface area (TPSA) is 93.7 Å². The van der Waals surface area contributed by atoms with Gasteiger partial charge >= 0.3 is 11.7 Å². The summed E-state index contributed by atoms with van der Waals surface area (Å²) >= 11 is 6.24. The summed E-state index contributed by atoms with van der Waals surface area (Å²) in [5.41, 5.74) is 2.01. The maximum atomic E-state index is 13.4. The first kappa shape index (κ1) is 20.5. The number of aliphatic hydroxyl groups is 1. The van der Waals surface area contributed by atoms with Gasteiger partial charge in [-0.1, -0.05) is 17.7 Å². The van der Waals surface area contributed by atoms with Crippen LogP contribution in [-0.4, -0.2) is 38.5 Å². The smallest absolute Gasteiger partial charge is 0.335 e. The van der Waals surface area contributed by atoms with Crippen LogP contribution in [0, 0.1) is 0 Å². The molecule has 1 heterocycles. The number of hydrogen-bond acceptors (Lipinski definition) is 4. The molecule has 0 atom stereocenters. The SMILES string of the molecule is COc1ccc(Cn2c(=O)n(C3CCC(O)CC3)c3ccc(C(=O)O)cc32)cc1Cl. The molecule has 0 aliphatic heterocycles. The summed E-state index contributed by atoms with van der Waals surface area (Å²) in [6.07, 6.45) is 2.37. The maximum absolute atomic E-state index is 13.4. The summed E-state index contributed by atoms with van der Waals surface area (Å²) in [7, 11) is 1.54. The van der Waals surface area contributed by atoms with E-state index in [4.69, 9.17) is 16.3 Å². The van der Waals surface area contributed by atoms with Crippen molar-refractivity contribution in [3.63, 3.8) is 0 Å². The molecule has 30 heavy (non-hydrogen) atoms. The molecular formula is C22H23ClN2O5. The van der Waals surface area contributed by atoms with Crippen molar-refractivity contribution in [1.29, 1.82) is 0 Å². The van der Waals surface area contributed by atoms with Gasteiger partial charge in [-0.2, -0.15) is 0 Å². The molecule has 1 aliphatic carbocycles. The number of rotatable bonds is 5. The zero-order valence-corrected chi connectivity index (χ0v) is 17.3. The normalized spacial score (nSPS) is 19.2. The average molecular weight is 431 g/mol. The molecule has 2 N–H and O–H groups in total. The third-order valence-corrected chi connectivity index (χ3v) is 6.09. The minimum absolute atomic E-state index is 0.0280. The third kappa shape index (κ3) is 3.70. The van der Waals surface area contributed by atoms with Crippen LogP contribution in [0.25, 0.3) is 11.0 Å². The lowest BCUT2D eigenvalue weighted by Crippen LogP contribution is -2.31. The Bertz CT molecular complexity index is 1160. The molecule has 1 saturated carbocycles. The number of carboxylic acid groups (broad SMARTS) is 1. The van der Waals surface area contributed by atoms with Crippen molar-refractivity contribution in [2.24, 2.45) is 0 Å². The van der Waals surface area contributed by atoms with Crippen molar-refractivity contribution >= 4 is 28.6 Å². The Morgan fingerprint density at radius 1 is 1.13 bits per heavy atom. The van der Waals surface area contributed by atoms with Gasteiger partial charge in [0.25, 0.3) is 0 Å². The van der Waals surface area contributed by atoms with Crippen LogP contribution in [0.2, 0.25) is 5.02 Å². The van der Waals surface area contributed by atoms with E-state index in [0.29, 0.717) is 47.5 Å². The van der Waals surface area contributed by atoms with Gasteiger partial charge in [0.05, 0.1) is 41.4 Å². The molecule has 0 amide bonds. The van der Waals surface area contributed by atoms with Crippen LogP contribution >= 0.6 is 11.6 Å². The van der Waals surface area contributed by atoms with E-state index in [-0.39, 0.29) is 29.9 Å². The Hall–Kier alpha value is -2.77. The second-order valence-electron chi connectivity index (χ2n) is 7.68. The summed E-state index contributed by atoms with van der Waals surface area (Å²) in [4.78, 5) is 24.9. The van der Waals surface area contributed by atoms with Gasteiger partial charge < -0.3 is 14.9 Å². The van der Waals surface area contributed by atoms with E-state index in [1.807, 2.05) is 6.07 Å². The number of nitrogens with zero attached hydrogens (tertiary/aromatic N) is 2. The van der Waals surface area contributed by atoms with E-state index >= 15 is 0 Å². The van der Waals surface area contributed by atoms with Crippen LogP contribution in [-0.2, 0) is 6.54 Å². The Labute approximate surface area is 178 Å². The second-order valence-corrected chi connectivity index (χ2v) is 8.09. The van der Waals surface area contributed by atoms with Crippen molar-refractivity contribution in [3.8, 4) is 5.75 Å². The number of carbonyl (C=O) groups is 1. The first-order valence-electron chi connectivity index (χ1n) is 9.87. The number of aliphatic hydroxyl groups excluding tert-OH is 1. The standard InChI is InChI=1S/C22H23ClN2O5/c1-30-20-9-2-13(10-17(20)23)12-24-19-11-14(21(27)28)3-8-18(19)25(22(24)29)15-4-6-16(26)7-5-15/h2-3,8-11,15-16,26H,4-7,12H2,1H3,(H,27,28). The molecule has 7 nitrogen and oxygen atoms in total. The molecule has 0 spiro atoms. The molecule has 3 aromatic rings. The molecule has 158 valence electrons. The summed E-state index contributed by atoms with van der Waals surface area (Å²) in [5, 5.41) is 19.7. The number of hydrogen-bond donors (Lipinski definition) is 2. The molecule has 1 aromatic heterocycles. The zero-order chi connectivity index (χ0) is 21.4. The average Bonchev–Trinajstić information content (AvgIpc) is 3.00. The number of halogens is 1. The maximum Gasteiger partial charge on any atom is 0.335 e. The van der Waals surface area contributed by atoms with Gasteiger partial charge in [0.2, 0.25) is 0 Å². The highest BCUT2D eigenvalue weighted by Gasteiger charge is 2.26. The highest BCUT2D eigenvalue weighted by atomic mass is 35.5. The first-order chi connectivity index (χ1) is 14.4. The van der Waals surface area contributed by atoms with E-state index in [1.54, 1.807) is 33.4 Å². The molecule has 0 radical (unpaired) electrons. The van der Waals surface area contributed by atoms with Crippen molar-refractivity contribution < 1.29 is 19.7 Å². The predicted octanol–water partition coefficient (Wildman–Crippen LogP) is 3.69. The zero-order valence-electron chi connectivity index (χ0n) is 16.5. The minimum atomic E-state index is -1.04. The molecule has 0 unspecified atom stereocenters. The fraction of sp³-hybridized carbons (Fsp3) is 0.364. The molecule has 1 aliphatic rings. The number of fused-ring (bicyclic) bond motifs is 1. The van der Waals surface area contributed by atoms with E-state index in [1.165, 1.54) is 13.2 Å². The number of ether oxygens (including phenoxy) is 1. The van der Waals surface area contributed by atoms with E-state index in [9.17, 15) is 19.8 Å². The van der Waals surface area contributed by atoms with Gasteiger partial charge in [-0.05, 0) is 61.6 Å². The Balaban J connectivity index is 1.84. The first-order valence-corrected chi connectivity index (χ1v) is 10.3. The van der Waals surface area contributed by atoms with E-state index < -0.39 is 5.97 Å². The van der Waals surface area contributed by atoms with Gasteiger partial charge in [-0.3, -0.25) is 9.13 Å². The molecule has 0 saturated heterocycles. The van der Waals surface area contributed by atoms with Gasteiger partial charge in [0, 0.05) is 6.04 Å². The van der Waals surface area contributed by atoms with Crippen molar-refractivity contribution in [1.82, 2.24) is 9.13 Å². The number of aromatic carboxylic acids is 1. The monoisotopic (exact) mass is 430 g/mol. The Morgan fingerprint density at radius 3 is 2.50 bits per heavy atom. The molecule has 0 bridgehead atoms. The van der Waals surface area contributed by atoms with Crippen molar-refractivity contribution in [3.05, 3.63) is 63.0 Å². The number of aromatic nitrogens is 2. The summed E-state index contributed by atoms with van der Waals surface area (Å²) in [5.74, 6) is -0.499. The fourth-order valence-electron chi connectivity index (χ4n) is 4.23. The lowest BCUT2D eigenvalue weighted by Gasteiger charge is -2.26. The van der Waals surface area contributed by atoms with Gasteiger partial charge in [-0.15, -0.1) is 0 Å². The second kappa shape index (κ2) is 8.16. The number of imidazole rings is 1. The summed E-state index contributed by atoms with van der Waals surface area (Å²) in [6.45, 7) is 0.254. The van der Waals surface area contributed by atoms with Crippen LogP contribution < -0.4 is 10.4 Å². The van der Waals surface area contributed by atoms with Crippen LogP contribution in [0.1, 0.15) is 47.6 Å². The van der Waals surface area contributed by atoms with Gasteiger partial charge in [0.1, 0.15) is 5.75 Å². The van der Waals surface area contributed by atoms with Crippen LogP contribution in [0.4, 0.5) is 0 Å². The Morgan fingerprint density at radius 2 is 1.87 bits per heavy atom. The van der Waals surface area contributed by atoms with Crippen molar-refractivity contribution in [2.45, 2.75) is 44.4 Å². The van der Waals surface area contributed by atoms with Crippen LogP contribution in [0.3, 0.4) is 0 Å². The minimum Gasteiger partial charge on any atom is -0.495 e. The predicted molar refractivity (Wildman–Crippen MR) is 114 cm³/mol. The van der Waals surface area contributed by atoms with E-state index in [0.717, 1.165) is 5.56 Å². The van der Waals surface area contributed by atoms with Crippen LogP contribution in [0.15, 0.2) is 41.2 Å². The summed E-state index contributed by atoms with van der Waals surface area (Å²) in [6, 6.07) is 10.0. The Kier molecular flexibility index (Phi) is 5.58. The highest BCUT2D eigenvalue weighted by Crippen LogP contribution is 2.31. The van der Waals surface area contributed by atoms with Crippen molar-refractivity contribution in [2.75, 3.05) is 7.11 Å². The molecule has 4 rings (SSSR count).